The van der Waals surface area contributed by atoms with Gasteiger partial charge >= 0.3 is 23.9 Å². The third kappa shape index (κ3) is 28.3. The smallest absolute Gasteiger partial charge is 0.340 e. The summed E-state index contributed by atoms with van der Waals surface area (Å²) in [5, 5.41) is 30.7. The topological polar surface area (TPSA) is 333 Å². The van der Waals surface area contributed by atoms with Crippen molar-refractivity contribution in [1.82, 2.24) is 10.6 Å². The third-order valence-corrected chi connectivity index (χ3v) is 24.5. The van der Waals surface area contributed by atoms with Crippen molar-refractivity contribution in [2.24, 2.45) is 0 Å². The monoisotopic (exact) mass is 2580 g/mol. The fourth-order valence-electron chi connectivity index (χ4n) is 7.41. The second-order valence-electron chi connectivity index (χ2n) is 18.4. The molecule has 0 heterocycles. The van der Waals surface area contributed by atoms with Crippen LogP contribution in [-0.2, 0) is 60.7 Å². The van der Waals surface area contributed by atoms with Crippen LogP contribution in [0.5, 0.6) is 0 Å². The number of hydrogen-bond acceptors (Lipinski definition) is 16. The van der Waals surface area contributed by atoms with Gasteiger partial charge in [0.15, 0.2) is 0 Å². The highest BCUT2D eigenvalue weighted by molar-refractivity contribution is 14.1. The SMILES string of the molecule is CC(=O)NCc1c(I)c(NC(=O)CCCCCCCC(=O)Nc2c(I)c(CNC(C)=O)c(I)c(C(=O)O)c2I)c(I)c(C(=O)O)c1I.Nc1c(I)cc(I)c(C(=O)OCCCOCCOCCOCCOCCCOC(=O)c2c(I)cc(I)c(N)c2I)c1I. The highest BCUT2D eigenvalue weighted by atomic mass is 127. The molecule has 4 aromatic carbocycles. The summed E-state index contributed by atoms with van der Waals surface area (Å²) in [6, 6.07) is 3.74. The van der Waals surface area contributed by atoms with E-state index in [1.807, 2.05) is 102 Å². The van der Waals surface area contributed by atoms with Gasteiger partial charge in [-0.2, -0.15) is 0 Å². The Balaban J connectivity index is 0.000000468. The Morgan fingerprint density at radius 2 is 0.708 bits per heavy atom. The molecule has 0 aromatic heterocycles. The van der Waals surface area contributed by atoms with Crippen LogP contribution >= 0.6 is 271 Å². The van der Waals surface area contributed by atoms with E-state index in [2.05, 4.69) is 202 Å². The Bertz CT molecular complexity index is 3010. The number of nitrogens with two attached hydrogens (primary N) is 2. The van der Waals surface area contributed by atoms with Gasteiger partial charge in [0.25, 0.3) is 0 Å². The second kappa shape index (κ2) is 44.7. The van der Waals surface area contributed by atoms with Crippen LogP contribution in [0.4, 0.5) is 22.7 Å². The Morgan fingerprint density at radius 3 is 1.02 bits per heavy atom. The lowest BCUT2D eigenvalue weighted by atomic mass is 10.1. The van der Waals surface area contributed by atoms with Gasteiger partial charge < -0.3 is 71.4 Å². The van der Waals surface area contributed by atoms with Gasteiger partial charge in [-0.05, 0) is 296 Å². The summed E-state index contributed by atoms with van der Waals surface area (Å²) in [4.78, 5) is 97.3. The van der Waals surface area contributed by atoms with Crippen molar-refractivity contribution in [2.45, 2.75) is 84.7 Å². The van der Waals surface area contributed by atoms with E-state index in [0.717, 1.165) is 33.5 Å². The summed E-state index contributed by atoms with van der Waals surface area (Å²) in [6.07, 6.45) is 5.16. The van der Waals surface area contributed by atoms with E-state index in [0.29, 0.717) is 152 Å². The number of benzene rings is 4. The number of nitrogen functional groups attached to an aromatic ring is 2. The molecule has 0 aliphatic rings. The van der Waals surface area contributed by atoms with Crippen LogP contribution in [0.2, 0.25) is 0 Å². The molecule has 0 fully saturated rings. The van der Waals surface area contributed by atoms with E-state index in [-0.39, 0.29) is 85.8 Å². The number of anilines is 4. The summed E-state index contributed by atoms with van der Waals surface area (Å²) in [5.41, 5.74) is 16.5. The van der Waals surface area contributed by atoms with E-state index >= 15 is 0 Å². The molecule has 0 spiro atoms. The molecule has 0 saturated carbocycles. The van der Waals surface area contributed by atoms with E-state index in [1.165, 1.54) is 13.8 Å². The van der Waals surface area contributed by atoms with Gasteiger partial charge in [0.05, 0.1) is 112 Å². The van der Waals surface area contributed by atoms with Gasteiger partial charge in [-0.3, -0.25) is 19.2 Å². The number of halogens is 12. The fraction of sp³-hybridized carbons (Fsp3) is 0.418. The minimum absolute atomic E-state index is 0.0745. The first kappa shape index (κ1) is 84.1. The molecule has 0 unspecified atom stereocenters. The molecule has 34 heteroatoms. The van der Waals surface area contributed by atoms with Crippen molar-refractivity contribution in [2.75, 3.05) is 88.2 Å². The number of esters is 2. The highest BCUT2D eigenvalue weighted by Gasteiger charge is 2.28. The first-order valence-corrected chi connectivity index (χ1v) is 39.4. The second-order valence-corrected chi connectivity index (χ2v) is 31.7. The molecular formula is C55H60I12N6O16. The molecular weight excluding hydrogens is 2520 g/mol. The summed E-state index contributed by atoms with van der Waals surface area (Å²) < 4.78 is 40.8. The molecule has 0 atom stereocenters. The van der Waals surface area contributed by atoms with Gasteiger partial charge in [0.2, 0.25) is 23.6 Å². The van der Waals surface area contributed by atoms with Crippen molar-refractivity contribution >= 4 is 341 Å². The predicted molar refractivity (Wildman–Crippen MR) is 439 cm³/mol. The van der Waals surface area contributed by atoms with Crippen LogP contribution in [-0.4, -0.2) is 124 Å². The van der Waals surface area contributed by atoms with Crippen LogP contribution in [0.3, 0.4) is 0 Å². The molecule has 0 saturated heterocycles. The van der Waals surface area contributed by atoms with Crippen LogP contribution in [0.25, 0.3) is 0 Å². The van der Waals surface area contributed by atoms with Crippen LogP contribution < -0.4 is 32.7 Å². The number of nitrogens with one attached hydrogen (secondary N) is 4. The number of carbonyl (C=O) groups excluding carboxylic acids is 6. The van der Waals surface area contributed by atoms with E-state index in [9.17, 15) is 48.6 Å². The van der Waals surface area contributed by atoms with Crippen molar-refractivity contribution in [3.63, 3.8) is 0 Å². The Kier molecular flexibility index (Phi) is 42.2. The number of unbranched alkanes of at least 4 members (excludes halogenated alkanes) is 4. The zero-order valence-electron chi connectivity index (χ0n) is 47.3. The maximum atomic E-state index is 12.8. The number of amides is 4. The normalized spacial score (nSPS) is 10.9. The number of aromatic carboxylic acids is 2. The minimum Gasteiger partial charge on any atom is -0.478 e. The van der Waals surface area contributed by atoms with Crippen LogP contribution in [0.1, 0.15) is 124 Å². The molecule has 4 amide bonds. The quantitative estimate of drug-likeness (QED) is 0.00918. The summed E-state index contributed by atoms with van der Waals surface area (Å²) >= 11 is 24.5. The third-order valence-electron chi connectivity index (χ3n) is 11.9. The number of carboxylic acid groups (broad SMARTS) is 2. The summed E-state index contributed by atoms with van der Waals surface area (Å²) in [6.45, 7) is 7.17. The van der Waals surface area contributed by atoms with Crippen LogP contribution in [0.15, 0.2) is 12.1 Å². The molecule has 0 aliphatic carbocycles. The predicted octanol–water partition coefficient (Wildman–Crippen LogP) is 13.6. The van der Waals surface area contributed by atoms with Crippen molar-refractivity contribution in [1.29, 1.82) is 0 Å². The number of hydrogen-bond donors (Lipinski definition) is 8. The maximum Gasteiger partial charge on any atom is 0.340 e. The first-order chi connectivity index (χ1) is 42.0. The maximum absolute atomic E-state index is 12.8. The van der Waals surface area contributed by atoms with E-state index in [4.69, 9.17) is 39.9 Å². The largest absolute Gasteiger partial charge is 0.478 e. The number of ether oxygens (including phenoxy) is 6. The molecule has 89 heavy (non-hydrogen) atoms. The average Bonchev–Trinajstić information content (AvgIpc) is 1.98. The molecule has 4 rings (SSSR count). The fourth-order valence-corrected chi connectivity index (χ4v) is 23.6. The Hall–Kier alpha value is 0.840. The van der Waals surface area contributed by atoms with Crippen molar-refractivity contribution in [3.8, 4) is 0 Å². The van der Waals surface area contributed by atoms with Crippen LogP contribution in [0, 0.1) is 42.8 Å². The summed E-state index contributed by atoms with van der Waals surface area (Å²) in [7, 11) is 0. The average molecular weight is 2580 g/mol. The Morgan fingerprint density at radius 1 is 0.393 bits per heavy atom. The summed E-state index contributed by atoms with van der Waals surface area (Å²) in [5.74, 6) is -4.00. The van der Waals surface area contributed by atoms with Crippen molar-refractivity contribution in [3.05, 3.63) is 88.4 Å². The molecule has 4 aromatic rings. The minimum atomic E-state index is -1.12. The number of carboxylic acids is 2. The van der Waals surface area contributed by atoms with E-state index in [1.54, 1.807) is 0 Å². The molecule has 490 valence electrons. The van der Waals surface area contributed by atoms with Crippen molar-refractivity contribution < 1.29 is 77.0 Å². The lowest BCUT2D eigenvalue weighted by molar-refractivity contribution is -0.120. The van der Waals surface area contributed by atoms with Gasteiger partial charge in [-0.15, -0.1) is 0 Å². The molecule has 0 radical (unpaired) electrons. The molecule has 0 aliphatic heterocycles. The Labute approximate surface area is 679 Å². The standard InChI is InChI=1S/C29H30I6N4O8.C26H30I6N2O8/c1-12(40)36-10-14-20(30)18(28(44)45)24(34)26(22(14)32)38-16(42)8-6-4-3-5-7-9-17(43)39-27-23(33)15(11-37-13(2)41)21(31)19(25(27)35)29(46)47;27-15-13-17(29)23(33)21(31)19(15)25(35)41-5-1-3-37-7-9-39-11-12-40-10-8-38-4-2-6-42-26(36)20-16(28)14-18(30)24(34)22(20)32/h3-11H2,1-2H3,(H,36,40)(H,37,41)(H,38,42)(H,39,43)(H,44,45)(H,46,47);13-14H,1-12,33-34H2. The zero-order valence-corrected chi connectivity index (χ0v) is 73.2. The van der Waals surface area contributed by atoms with Gasteiger partial charge in [0.1, 0.15) is 0 Å². The molecule has 0 bridgehead atoms. The molecule has 10 N–H and O–H groups in total. The van der Waals surface area contributed by atoms with E-state index < -0.39 is 11.9 Å². The number of carbonyl (C=O) groups is 8. The van der Waals surface area contributed by atoms with Gasteiger partial charge in [-0.1, -0.05) is 19.3 Å². The zero-order chi connectivity index (χ0) is 66.7. The lowest BCUT2D eigenvalue weighted by Crippen LogP contribution is -2.23. The highest BCUT2D eigenvalue weighted by Crippen LogP contribution is 2.38. The first-order valence-electron chi connectivity index (χ1n) is 26.5. The van der Waals surface area contributed by atoms with Gasteiger partial charge in [0, 0.05) is 106 Å². The molecule has 22 nitrogen and oxygen atoms in total. The van der Waals surface area contributed by atoms with Gasteiger partial charge in [-0.25, -0.2) is 19.2 Å². The number of rotatable bonds is 35. The lowest BCUT2D eigenvalue weighted by Gasteiger charge is -2.18.